The number of carbonyl (C=O) groups is 3. The number of piperidine rings is 1. The van der Waals surface area contributed by atoms with Crippen molar-refractivity contribution in [3.63, 3.8) is 0 Å². The minimum absolute atomic E-state index is 0.0335. The lowest BCUT2D eigenvalue weighted by Crippen LogP contribution is -2.47. The van der Waals surface area contributed by atoms with Crippen LogP contribution in [-0.2, 0) is 14.3 Å². The van der Waals surface area contributed by atoms with Crippen LogP contribution in [0.25, 0.3) is 0 Å². The molecular weight excluding hydrogens is 264 g/mol. The summed E-state index contributed by atoms with van der Waals surface area (Å²) in [4.78, 5) is 35.5. The molecule has 1 heterocycles. The third-order valence-corrected chi connectivity index (χ3v) is 3.17. The maximum atomic E-state index is 11.9. The Kier molecular flexibility index (Phi) is 6.83. The molecule has 0 aromatic rings. The molecule has 0 aliphatic carbocycles. The Morgan fingerprint density at radius 2 is 2.15 bits per heavy atom. The topological polar surface area (TPSA) is 95.9 Å². The maximum absolute atomic E-state index is 11.9. The first-order valence-electron chi connectivity index (χ1n) is 6.95. The van der Waals surface area contributed by atoms with Gasteiger partial charge < -0.3 is 20.1 Å². The fourth-order valence-corrected chi connectivity index (χ4v) is 2.16. The first-order chi connectivity index (χ1) is 9.54. The smallest absolute Gasteiger partial charge is 0.317 e. The standard InChI is InChI=1S/C13H22N2O5/c1-2-20-12(18)10-5-4-8-15(9-10)13(19)14-7-3-6-11(16)17/h10H,2-9H2,1H3,(H,14,19)(H,16,17)/t10-/m1/s1. The molecule has 114 valence electrons. The van der Waals surface area contributed by atoms with Gasteiger partial charge in [-0.25, -0.2) is 4.79 Å². The quantitative estimate of drug-likeness (QED) is 0.557. The molecule has 1 atom stereocenters. The number of aliphatic carboxylic acids is 1. The van der Waals surface area contributed by atoms with Crippen LogP contribution in [0.1, 0.15) is 32.6 Å². The van der Waals surface area contributed by atoms with E-state index in [1.54, 1.807) is 11.8 Å². The van der Waals surface area contributed by atoms with Gasteiger partial charge in [-0.15, -0.1) is 0 Å². The molecule has 20 heavy (non-hydrogen) atoms. The number of ether oxygens (including phenoxy) is 1. The Labute approximate surface area is 118 Å². The second-order valence-corrected chi connectivity index (χ2v) is 4.77. The lowest BCUT2D eigenvalue weighted by molar-refractivity contribution is -0.149. The van der Waals surface area contributed by atoms with Crippen LogP contribution in [0.4, 0.5) is 4.79 Å². The van der Waals surface area contributed by atoms with Crippen molar-refractivity contribution in [2.45, 2.75) is 32.6 Å². The number of nitrogens with zero attached hydrogens (tertiary/aromatic N) is 1. The number of esters is 1. The number of likely N-dealkylation sites (tertiary alicyclic amines) is 1. The number of carboxylic acids is 1. The van der Waals surface area contributed by atoms with E-state index < -0.39 is 5.97 Å². The summed E-state index contributed by atoms with van der Waals surface area (Å²) in [5.41, 5.74) is 0. The first-order valence-corrected chi connectivity index (χ1v) is 6.95. The normalized spacial score (nSPS) is 18.4. The summed E-state index contributed by atoms with van der Waals surface area (Å²) in [6.07, 6.45) is 1.94. The van der Waals surface area contributed by atoms with E-state index in [9.17, 15) is 14.4 Å². The minimum atomic E-state index is -0.875. The molecule has 0 aromatic carbocycles. The summed E-state index contributed by atoms with van der Waals surface area (Å²) in [7, 11) is 0. The van der Waals surface area contributed by atoms with Crippen molar-refractivity contribution in [3.8, 4) is 0 Å². The number of rotatable bonds is 6. The third-order valence-electron chi connectivity index (χ3n) is 3.17. The van der Waals surface area contributed by atoms with E-state index in [0.29, 0.717) is 32.7 Å². The Hall–Kier alpha value is -1.79. The van der Waals surface area contributed by atoms with Crippen LogP contribution < -0.4 is 5.32 Å². The summed E-state index contributed by atoms with van der Waals surface area (Å²) < 4.78 is 4.97. The lowest BCUT2D eigenvalue weighted by Gasteiger charge is -2.31. The summed E-state index contributed by atoms with van der Waals surface area (Å²) >= 11 is 0. The monoisotopic (exact) mass is 286 g/mol. The maximum Gasteiger partial charge on any atom is 0.317 e. The molecule has 1 aliphatic rings. The highest BCUT2D eigenvalue weighted by atomic mass is 16.5. The zero-order valence-electron chi connectivity index (χ0n) is 11.8. The van der Waals surface area contributed by atoms with Crippen LogP contribution in [0.2, 0.25) is 0 Å². The second-order valence-electron chi connectivity index (χ2n) is 4.77. The van der Waals surface area contributed by atoms with Crippen molar-refractivity contribution in [1.29, 1.82) is 0 Å². The number of carboxylic acid groups (broad SMARTS) is 1. The average Bonchev–Trinajstić information content (AvgIpc) is 2.43. The SMILES string of the molecule is CCOC(=O)[C@@H]1CCCN(C(=O)NCCCC(=O)O)C1. The van der Waals surface area contributed by atoms with Crippen LogP contribution >= 0.6 is 0 Å². The molecule has 0 aromatic heterocycles. The van der Waals surface area contributed by atoms with Crippen molar-refractivity contribution >= 4 is 18.0 Å². The zero-order chi connectivity index (χ0) is 15.0. The molecule has 0 unspecified atom stereocenters. The van der Waals surface area contributed by atoms with Crippen LogP contribution in [0.5, 0.6) is 0 Å². The number of nitrogens with one attached hydrogen (secondary N) is 1. The van der Waals surface area contributed by atoms with E-state index in [4.69, 9.17) is 9.84 Å². The third kappa shape index (κ3) is 5.46. The van der Waals surface area contributed by atoms with Gasteiger partial charge in [0, 0.05) is 26.1 Å². The zero-order valence-corrected chi connectivity index (χ0v) is 11.8. The average molecular weight is 286 g/mol. The fourth-order valence-electron chi connectivity index (χ4n) is 2.16. The molecule has 7 nitrogen and oxygen atoms in total. The van der Waals surface area contributed by atoms with Crippen molar-refractivity contribution < 1.29 is 24.2 Å². The summed E-state index contributed by atoms with van der Waals surface area (Å²) in [6.45, 7) is 3.40. The van der Waals surface area contributed by atoms with Crippen LogP contribution in [-0.4, -0.2) is 54.2 Å². The molecule has 0 bridgehead atoms. The predicted octanol–water partition coefficient (Wildman–Crippen LogP) is 0.836. The Morgan fingerprint density at radius 1 is 1.40 bits per heavy atom. The molecule has 0 spiro atoms. The van der Waals surface area contributed by atoms with Gasteiger partial charge in [-0.3, -0.25) is 9.59 Å². The van der Waals surface area contributed by atoms with Gasteiger partial charge >= 0.3 is 18.0 Å². The van der Waals surface area contributed by atoms with E-state index in [2.05, 4.69) is 5.32 Å². The molecular formula is C13H22N2O5. The van der Waals surface area contributed by atoms with Crippen LogP contribution in [0.15, 0.2) is 0 Å². The highest BCUT2D eigenvalue weighted by molar-refractivity contribution is 5.77. The van der Waals surface area contributed by atoms with Gasteiger partial charge in [0.25, 0.3) is 0 Å². The van der Waals surface area contributed by atoms with Gasteiger partial charge in [-0.1, -0.05) is 0 Å². The Bertz CT molecular complexity index is 359. The molecule has 2 N–H and O–H groups in total. The second kappa shape index (κ2) is 8.39. The van der Waals surface area contributed by atoms with Crippen molar-refractivity contribution in [1.82, 2.24) is 10.2 Å². The Balaban J connectivity index is 2.32. The van der Waals surface area contributed by atoms with E-state index in [1.807, 2.05) is 0 Å². The highest BCUT2D eigenvalue weighted by Crippen LogP contribution is 2.17. The molecule has 0 saturated carbocycles. The van der Waals surface area contributed by atoms with Gasteiger partial charge in [-0.2, -0.15) is 0 Å². The number of hydrogen-bond acceptors (Lipinski definition) is 4. The number of urea groups is 1. The van der Waals surface area contributed by atoms with E-state index in [1.165, 1.54) is 0 Å². The molecule has 0 radical (unpaired) electrons. The van der Waals surface area contributed by atoms with Gasteiger partial charge in [0.1, 0.15) is 0 Å². The summed E-state index contributed by atoms with van der Waals surface area (Å²) in [6, 6.07) is -0.246. The highest BCUT2D eigenvalue weighted by Gasteiger charge is 2.29. The molecule has 1 aliphatic heterocycles. The van der Waals surface area contributed by atoms with Crippen LogP contribution in [0, 0.1) is 5.92 Å². The number of carbonyl (C=O) groups excluding carboxylic acids is 2. The summed E-state index contributed by atoms with van der Waals surface area (Å²) in [5, 5.41) is 11.2. The predicted molar refractivity (Wildman–Crippen MR) is 71.2 cm³/mol. The minimum Gasteiger partial charge on any atom is -0.481 e. The molecule has 1 rings (SSSR count). The van der Waals surface area contributed by atoms with Crippen molar-refractivity contribution in [2.75, 3.05) is 26.2 Å². The summed E-state index contributed by atoms with van der Waals surface area (Å²) in [5.74, 6) is -1.39. The van der Waals surface area contributed by atoms with Crippen molar-refractivity contribution in [2.24, 2.45) is 5.92 Å². The fraction of sp³-hybridized carbons (Fsp3) is 0.769. The lowest BCUT2D eigenvalue weighted by atomic mass is 9.98. The van der Waals surface area contributed by atoms with Gasteiger partial charge in [-0.05, 0) is 26.2 Å². The van der Waals surface area contributed by atoms with Crippen molar-refractivity contribution in [3.05, 3.63) is 0 Å². The van der Waals surface area contributed by atoms with E-state index in [0.717, 1.165) is 12.8 Å². The molecule has 2 amide bonds. The first kappa shape index (κ1) is 16.3. The molecule has 1 saturated heterocycles. The largest absolute Gasteiger partial charge is 0.481 e. The number of amides is 2. The van der Waals surface area contributed by atoms with Crippen LogP contribution in [0.3, 0.4) is 0 Å². The van der Waals surface area contributed by atoms with Gasteiger partial charge in [0.05, 0.1) is 12.5 Å². The van der Waals surface area contributed by atoms with Gasteiger partial charge in [0.15, 0.2) is 0 Å². The molecule has 1 fully saturated rings. The van der Waals surface area contributed by atoms with E-state index in [-0.39, 0.29) is 24.3 Å². The van der Waals surface area contributed by atoms with E-state index >= 15 is 0 Å². The van der Waals surface area contributed by atoms with Gasteiger partial charge in [0.2, 0.25) is 0 Å². The Morgan fingerprint density at radius 3 is 2.80 bits per heavy atom. The molecule has 7 heteroatoms. The number of hydrogen-bond donors (Lipinski definition) is 2.